The highest BCUT2D eigenvalue weighted by atomic mass is 16.6. The molecule has 0 unspecified atom stereocenters. The average Bonchev–Trinajstić information content (AvgIpc) is 3.42. The normalized spacial score (nSPS) is 11.8. The Morgan fingerprint density at radius 1 is 0.250 bits per heavy atom. The van der Waals surface area contributed by atoms with Crippen LogP contribution in [0.2, 0.25) is 0 Å². The summed E-state index contributed by atoms with van der Waals surface area (Å²) in [4.78, 5) is 46.3. The van der Waals surface area contributed by atoms with E-state index in [1.54, 1.807) is 0 Å². The molecule has 474 valence electrons. The number of aliphatic carboxylic acids is 4. The highest BCUT2D eigenvalue weighted by Crippen LogP contribution is 2.00. The van der Waals surface area contributed by atoms with Crippen molar-refractivity contribution in [1.82, 2.24) is 9.80 Å². The monoisotopic (exact) mass is 1170 g/mol. The molecule has 0 radical (unpaired) electrons. The molecule has 0 heterocycles. The van der Waals surface area contributed by atoms with Crippen LogP contribution in [-0.2, 0) is 104 Å². The van der Waals surface area contributed by atoms with Gasteiger partial charge in [0.2, 0.25) is 0 Å². The van der Waals surface area contributed by atoms with Crippen molar-refractivity contribution in [1.29, 1.82) is 0 Å². The van der Waals surface area contributed by atoms with Crippen LogP contribution in [0.5, 0.6) is 0 Å². The molecule has 0 aromatic rings. The molecule has 29 heteroatoms. The second kappa shape index (κ2) is 63.6. The zero-order valence-electron chi connectivity index (χ0n) is 47.2. The minimum absolute atomic E-state index is 0.0458. The van der Waals surface area contributed by atoms with Crippen LogP contribution in [-0.4, -0.2) is 330 Å². The van der Waals surface area contributed by atoms with E-state index in [9.17, 15) is 24.3 Å². The van der Waals surface area contributed by atoms with Crippen LogP contribution < -0.4 is 0 Å². The van der Waals surface area contributed by atoms with Crippen molar-refractivity contribution in [2.75, 3.05) is 264 Å². The molecule has 0 aromatic carbocycles. The standard InChI is InChI=1S/C51H98N2O27/c54-47(43-77-11-1-7-52(45-79-41-39-75-37-35-71-27-21-65-15-5-50(59)60)9-17-67-23-29-73-33-31-69-25-19-63-13-3-48(55)56)44-78-12-2-8-53(46-80-42-40-76-38-36-72-28-22-66-16-6-51(61)62)10-18-68-24-30-74-34-32-70-26-20-64-14-4-49(57)58/h47,54H,1-46H2,(H,55,56)(H,57,58)(H,59,60)(H,61,62). The van der Waals surface area contributed by atoms with Gasteiger partial charge in [-0.25, -0.2) is 0 Å². The molecular formula is C51H98N2O27. The molecule has 5 N–H and O–H groups in total. The van der Waals surface area contributed by atoms with Gasteiger partial charge >= 0.3 is 23.9 Å². The van der Waals surface area contributed by atoms with E-state index in [0.29, 0.717) is 237 Å². The van der Waals surface area contributed by atoms with Crippen molar-refractivity contribution in [3.8, 4) is 0 Å². The number of hydrogen-bond donors (Lipinski definition) is 5. The Morgan fingerprint density at radius 3 is 0.675 bits per heavy atom. The van der Waals surface area contributed by atoms with Crippen molar-refractivity contribution in [3.63, 3.8) is 0 Å². The number of aliphatic hydroxyl groups excluding tert-OH is 1. The Balaban J connectivity index is 4.57. The summed E-state index contributed by atoms with van der Waals surface area (Å²) in [7, 11) is 0. The van der Waals surface area contributed by atoms with E-state index in [2.05, 4.69) is 9.80 Å². The second-order valence-electron chi connectivity index (χ2n) is 17.0. The smallest absolute Gasteiger partial charge is 0.305 e. The van der Waals surface area contributed by atoms with Gasteiger partial charge in [0.25, 0.3) is 0 Å². The van der Waals surface area contributed by atoms with E-state index in [0.717, 1.165) is 0 Å². The van der Waals surface area contributed by atoms with Crippen LogP contribution in [0.1, 0.15) is 38.5 Å². The summed E-state index contributed by atoms with van der Waals surface area (Å²) in [6, 6.07) is 0. The molecule has 0 aliphatic rings. The number of aliphatic hydroxyl groups is 1. The molecular weight excluding hydrogens is 1070 g/mol. The van der Waals surface area contributed by atoms with E-state index >= 15 is 0 Å². The molecule has 0 atom stereocenters. The van der Waals surface area contributed by atoms with Gasteiger partial charge in [-0.3, -0.25) is 29.0 Å². The Bertz CT molecular complexity index is 1250. The molecule has 0 aliphatic heterocycles. The lowest BCUT2D eigenvalue weighted by Gasteiger charge is -2.23. The molecule has 0 rings (SSSR count). The summed E-state index contributed by atoms with van der Waals surface area (Å²) < 4.78 is 99.5. The zero-order chi connectivity index (χ0) is 58.3. The van der Waals surface area contributed by atoms with Gasteiger partial charge < -0.3 is 111 Å². The number of carboxylic acid groups (broad SMARTS) is 4. The minimum Gasteiger partial charge on any atom is -0.481 e. The molecule has 0 saturated carbocycles. The number of ether oxygens (including phenoxy) is 18. The minimum atomic E-state index is -0.910. The van der Waals surface area contributed by atoms with Gasteiger partial charge in [-0.05, 0) is 12.8 Å². The molecule has 0 bridgehead atoms. The largest absolute Gasteiger partial charge is 0.481 e. The Kier molecular flexibility index (Phi) is 61.3. The summed E-state index contributed by atoms with van der Waals surface area (Å²) in [5, 5.41) is 45.1. The quantitative estimate of drug-likeness (QED) is 0.0390. The van der Waals surface area contributed by atoms with Crippen LogP contribution in [0.4, 0.5) is 0 Å². The fraction of sp³-hybridized carbons (Fsp3) is 0.922. The van der Waals surface area contributed by atoms with Gasteiger partial charge in [0.15, 0.2) is 0 Å². The number of hydrogen-bond acceptors (Lipinski definition) is 25. The third kappa shape index (κ3) is 65.8. The van der Waals surface area contributed by atoms with Gasteiger partial charge in [-0.2, -0.15) is 0 Å². The van der Waals surface area contributed by atoms with Crippen LogP contribution in [0, 0.1) is 0 Å². The van der Waals surface area contributed by atoms with Crippen molar-refractivity contribution >= 4 is 23.9 Å². The molecule has 80 heavy (non-hydrogen) atoms. The fourth-order valence-corrected chi connectivity index (χ4v) is 6.00. The lowest BCUT2D eigenvalue weighted by molar-refractivity contribution is -0.139. The summed E-state index contributed by atoms with van der Waals surface area (Å²) >= 11 is 0. The van der Waals surface area contributed by atoms with Gasteiger partial charge in [0.05, 0.1) is 251 Å². The Morgan fingerprint density at radius 2 is 0.450 bits per heavy atom. The maximum Gasteiger partial charge on any atom is 0.305 e. The number of carboxylic acids is 4. The third-order valence-corrected chi connectivity index (χ3v) is 10.1. The van der Waals surface area contributed by atoms with Gasteiger partial charge in [0, 0.05) is 39.4 Å². The SMILES string of the molecule is O=C(O)CCOCCOCCOCCOCCN(CCCOCC(O)COCCCN(CCOCCOCCOCCOCCC(=O)O)COCCOCCOCCOCCC(=O)O)COCCOCCOCCOCCC(=O)O. The summed E-state index contributed by atoms with van der Waals surface area (Å²) in [5.74, 6) is -3.63. The van der Waals surface area contributed by atoms with E-state index < -0.39 is 30.0 Å². The maximum atomic E-state index is 10.6. The average molecular weight is 1170 g/mol. The summed E-state index contributed by atoms with van der Waals surface area (Å²) in [5.41, 5.74) is 0. The second-order valence-corrected chi connectivity index (χ2v) is 17.0. The molecule has 29 nitrogen and oxygen atoms in total. The van der Waals surface area contributed by atoms with Crippen molar-refractivity contribution < 1.29 is 130 Å². The summed E-state index contributed by atoms with van der Waals surface area (Å²) in [6.45, 7) is 14.3. The molecule has 0 saturated heterocycles. The first-order chi connectivity index (χ1) is 39.1. The molecule has 0 spiro atoms. The van der Waals surface area contributed by atoms with Crippen LogP contribution >= 0.6 is 0 Å². The van der Waals surface area contributed by atoms with Gasteiger partial charge in [-0.1, -0.05) is 0 Å². The predicted octanol–water partition coefficient (Wildman–Crippen LogP) is -0.156. The number of carbonyl (C=O) groups is 4. The lowest BCUT2D eigenvalue weighted by atomic mass is 10.3. The molecule has 0 amide bonds. The molecule has 0 aliphatic carbocycles. The summed E-state index contributed by atoms with van der Waals surface area (Å²) in [6.07, 6.45) is 0.349. The highest BCUT2D eigenvalue weighted by Gasteiger charge is 2.11. The topological polar surface area (TPSA) is 342 Å². The van der Waals surface area contributed by atoms with Gasteiger partial charge in [-0.15, -0.1) is 0 Å². The molecule has 0 aromatic heterocycles. The van der Waals surface area contributed by atoms with E-state index in [-0.39, 0.29) is 65.3 Å². The first-order valence-corrected chi connectivity index (χ1v) is 27.5. The zero-order valence-corrected chi connectivity index (χ0v) is 47.2. The third-order valence-electron chi connectivity index (χ3n) is 10.1. The van der Waals surface area contributed by atoms with E-state index in [4.69, 9.17) is 106 Å². The Hall–Kier alpha value is -2.96. The van der Waals surface area contributed by atoms with Crippen molar-refractivity contribution in [2.45, 2.75) is 44.6 Å². The first-order valence-electron chi connectivity index (χ1n) is 27.5. The maximum absolute atomic E-state index is 10.6. The predicted molar refractivity (Wildman–Crippen MR) is 282 cm³/mol. The van der Waals surface area contributed by atoms with Crippen molar-refractivity contribution in [2.24, 2.45) is 0 Å². The lowest BCUT2D eigenvalue weighted by Crippen LogP contribution is -2.33. The highest BCUT2D eigenvalue weighted by molar-refractivity contribution is 5.67. The van der Waals surface area contributed by atoms with Crippen LogP contribution in [0.3, 0.4) is 0 Å². The van der Waals surface area contributed by atoms with Crippen LogP contribution in [0.25, 0.3) is 0 Å². The van der Waals surface area contributed by atoms with Crippen LogP contribution in [0.15, 0.2) is 0 Å². The Labute approximate surface area is 471 Å². The van der Waals surface area contributed by atoms with E-state index in [1.807, 2.05) is 0 Å². The first kappa shape index (κ1) is 77.0. The van der Waals surface area contributed by atoms with Gasteiger partial charge in [0.1, 0.15) is 6.10 Å². The number of nitrogens with zero attached hydrogens (tertiary/aromatic N) is 2. The fourth-order valence-electron chi connectivity index (χ4n) is 6.00. The van der Waals surface area contributed by atoms with Crippen molar-refractivity contribution in [3.05, 3.63) is 0 Å². The molecule has 0 fully saturated rings. The number of rotatable bonds is 70. The van der Waals surface area contributed by atoms with E-state index in [1.165, 1.54) is 0 Å².